The van der Waals surface area contributed by atoms with Crippen LogP contribution in [0.4, 0.5) is 0 Å². The standard InChI is InChI=1S/C20H18N4O3S/c1-12-10-17(15-4-2-3-8-21-15)28-18(12)20(26)24-9-7-14-13(11-24)5-6-16(22-14)19(25)23-27/h2-6,8,10,27H,7,9,11H2,1H3,(H,23,25). The van der Waals surface area contributed by atoms with Crippen molar-refractivity contribution in [2.45, 2.75) is 19.9 Å². The number of fused-ring (bicyclic) bond motifs is 1. The highest BCUT2D eigenvalue weighted by Gasteiger charge is 2.26. The van der Waals surface area contributed by atoms with E-state index >= 15 is 0 Å². The molecule has 0 saturated heterocycles. The Morgan fingerprint density at radius 2 is 2.11 bits per heavy atom. The topological polar surface area (TPSA) is 95.4 Å². The first kappa shape index (κ1) is 18.3. The number of pyridine rings is 2. The van der Waals surface area contributed by atoms with Crippen LogP contribution in [0.15, 0.2) is 42.6 Å². The lowest BCUT2D eigenvalue weighted by molar-refractivity contribution is 0.0696. The van der Waals surface area contributed by atoms with Gasteiger partial charge in [0, 0.05) is 31.4 Å². The van der Waals surface area contributed by atoms with Crippen LogP contribution in [-0.4, -0.2) is 38.4 Å². The van der Waals surface area contributed by atoms with Crippen LogP contribution < -0.4 is 5.48 Å². The number of hydrogen-bond acceptors (Lipinski definition) is 6. The number of amides is 2. The lowest BCUT2D eigenvalue weighted by atomic mass is 10.0. The maximum absolute atomic E-state index is 13.1. The Balaban J connectivity index is 1.56. The minimum Gasteiger partial charge on any atom is -0.333 e. The monoisotopic (exact) mass is 394 g/mol. The van der Waals surface area contributed by atoms with Gasteiger partial charge in [-0.25, -0.2) is 10.5 Å². The smallest absolute Gasteiger partial charge is 0.293 e. The molecular weight excluding hydrogens is 376 g/mol. The number of aromatic nitrogens is 2. The summed E-state index contributed by atoms with van der Waals surface area (Å²) >= 11 is 1.45. The van der Waals surface area contributed by atoms with E-state index in [9.17, 15) is 9.59 Å². The first-order chi connectivity index (χ1) is 13.6. The number of nitrogens with zero attached hydrogens (tertiary/aromatic N) is 3. The Morgan fingerprint density at radius 1 is 1.25 bits per heavy atom. The molecule has 3 aromatic heterocycles. The molecule has 28 heavy (non-hydrogen) atoms. The van der Waals surface area contributed by atoms with Crippen LogP contribution in [0.3, 0.4) is 0 Å². The van der Waals surface area contributed by atoms with E-state index in [1.54, 1.807) is 28.7 Å². The maximum atomic E-state index is 13.1. The molecular formula is C20H18N4O3S. The molecule has 0 spiro atoms. The second-order valence-electron chi connectivity index (χ2n) is 6.56. The highest BCUT2D eigenvalue weighted by Crippen LogP contribution is 2.31. The van der Waals surface area contributed by atoms with Gasteiger partial charge in [0.15, 0.2) is 0 Å². The van der Waals surface area contributed by atoms with Crippen LogP contribution in [0.2, 0.25) is 0 Å². The summed E-state index contributed by atoms with van der Waals surface area (Å²) < 4.78 is 0. The van der Waals surface area contributed by atoms with Crippen LogP contribution >= 0.6 is 11.3 Å². The molecule has 0 bridgehead atoms. The molecule has 7 nitrogen and oxygen atoms in total. The van der Waals surface area contributed by atoms with Crippen LogP contribution in [-0.2, 0) is 13.0 Å². The van der Waals surface area contributed by atoms with Gasteiger partial charge in [-0.05, 0) is 42.3 Å². The Morgan fingerprint density at radius 3 is 2.86 bits per heavy atom. The van der Waals surface area contributed by atoms with Gasteiger partial charge in [-0.15, -0.1) is 11.3 Å². The van der Waals surface area contributed by atoms with E-state index in [1.165, 1.54) is 11.3 Å². The lowest BCUT2D eigenvalue weighted by Gasteiger charge is -2.28. The fourth-order valence-electron chi connectivity index (χ4n) is 3.25. The van der Waals surface area contributed by atoms with E-state index in [-0.39, 0.29) is 11.6 Å². The van der Waals surface area contributed by atoms with Crippen molar-refractivity contribution in [2.24, 2.45) is 0 Å². The van der Waals surface area contributed by atoms with E-state index in [2.05, 4.69) is 9.97 Å². The average Bonchev–Trinajstić information content (AvgIpc) is 3.14. The van der Waals surface area contributed by atoms with E-state index in [0.29, 0.717) is 24.4 Å². The van der Waals surface area contributed by atoms with Crippen molar-refractivity contribution in [1.29, 1.82) is 0 Å². The molecule has 0 atom stereocenters. The summed E-state index contributed by atoms with van der Waals surface area (Å²) in [6.07, 6.45) is 2.30. The summed E-state index contributed by atoms with van der Waals surface area (Å²) in [6.45, 7) is 2.91. The van der Waals surface area contributed by atoms with Gasteiger partial charge in [0.25, 0.3) is 11.8 Å². The number of carbonyl (C=O) groups is 2. The number of hydroxylamine groups is 1. The fourth-order valence-corrected chi connectivity index (χ4v) is 4.36. The van der Waals surface area contributed by atoms with Crippen molar-refractivity contribution in [3.63, 3.8) is 0 Å². The SMILES string of the molecule is Cc1cc(-c2ccccn2)sc1C(=O)N1CCc2nc(C(=O)NO)ccc2C1. The zero-order valence-electron chi connectivity index (χ0n) is 15.2. The van der Waals surface area contributed by atoms with Crippen molar-refractivity contribution < 1.29 is 14.8 Å². The number of thiophene rings is 1. The van der Waals surface area contributed by atoms with E-state index in [1.807, 2.05) is 31.2 Å². The molecule has 0 saturated carbocycles. The molecule has 2 amide bonds. The van der Waals surface area contributed by atoms with Gasteiger partial charge in [-0.3, -0.25) is 19.8 Å². The molecule has 2 N–H and O–H groups in total. The summed E-state index contributed by atoms with van der Waals surface area (Å²) in [7, 11) is 0. The molecule has 0 unspecified atom stereocenters. The van der Waals surface area contributed by atoms with Crippen LogP contribution in [0.5, 0.6) is 0 Å². The van der Waals surface area contributed by atoms with Gasteiger partial charge in [0.1, 0.15) is 5.69 Å². The van der Waals surface area contributed by atoms with Crippen molar-refractivity contribution in [3.05, 3.63) is 70.0 Å². The van der Waals surface area contributed by atoms with Crippen molar-refractivity contribution >= 4 is 23.2 Å². The van der Waals surface area contributed by atoms with Gasteiger partial charge in [-0.1, -0.05) is 12.1 Å². The fraction of sp³-hybridized carbons (Fsp3) is 0.200. The molecule has 1 aliphatic heterocycles. The van der Waals surface area contributed by atoms with Crippen LogP contribution in [0.1, 0.15) is 37.0 Å². The molecule has 0 aromatic carbocycles. The normalized spacial score (nSPS) is 13.1. The van der Waals surface area contributed by atoms with Gasteiger partial charge in [0.2, 0.25) is 0 Å². The Bertz CT molecular complexity index is 1050. The number of hydrogen-bond donors (Lipinski definition) is 2. The quantitative estimate of drug-likeness (QED) is 0.526. The Hall–Kier alpha value is -3.10. The zero-order chi connectivity index (χ0) is 19.7. The number of carbonyl (C=O) groups excluding carboxylic acids is 2. The summed E-state index contributed by atoms with van der Waals surface area (Å²) in [6, 6.07) is 11.1. The minimum absolute atomic E-state index is 0.00694. The summed E-state index contributed by atoms with van der Waals surface area (Å²) in [5.74, 6) is -0.648. The molecule has 1 aliphatic rings. The van der Waals surface area contributed by atoms with Crippen LogP contribution in [0.25, 0.3) is 10.6 Å². The number of aryl methyl sites for hydroxylation is 1. The maximum Gasteiger partial charge on any atom is 0.293 e. The van der Waals surface area contributed by atoms with E-state index < -0.39 is 5.91 Å². The molecule has 0 fully saturated rings. The third-order valence-electron chi connectivity index (χ3n) is 4.70. The Kier molecular flexibility index (Phi) is 4.89. The van der Waals surface area contributed by atoms with Crippen molar-refractivity contribution in [2.75, 3.05) is 6.54 Å². The predicted octanol–water partition coefficient (Wildman–Crippen LogP) is 2.83. The number of nitrogens with one attached hydrogen (secondary N) is 1. The third-order valence-corrected chi connectivity index (χ3v) is 5.95. The minimum atomic E-state index is -0.641. The summed E-state index contributed by atoms with van der Waals surface area (Å²) in [4.78, 5) is 36.8. The molecule has 3 aromatic rings. The highest BCUT2D eigenvalue weighted by atomic mass is 32.1. The van der Waals surface area contributed by atoms with Gasteiger partial charge in [-0.2, -0.15) is 0 Å². The lowest BCUT2D eigenvalue weighted by Crippen LogP contribution is -2.36. The number of rotatable bonds is 3. The zero-order valence-corrected chi connectivity index (χ0v) is 16.0. The first-order valence-corrected chi connectivity index (χ1v) is 9.63. The molecule has 0 radical (unpaired) electrons. The van der Waals surface area contributed by atoms with Gasteiger partial charge < -0.3 is 4.90 Å². The largest absolute Gasteiger partial charge is 0.333 e. The van der Waals surface area contributed by atoms with Crippen molar-refractivity contribution in [3.8, 4) is 10.6 Å². The second kappa shape index (κ2) is 7.49. The molecule has 8 heteroatoms. The summed E-state index contributed by atoms with van der Waals surface area (Å²) in [5, 5.41) is 8.75. The van der Waals surface area contributed by atoms with Crippen LogP contribution in [0, 0.1) is 6.92 Å². The van der Waals surface area contributed by atoms with Crippen molar-refractivity contribution in [1.82, 2.24) is 20.3 Å². The second-order valence-corrected chi connectivity index (χ2v) is 7.61. The molecule has 4 rings (SSSR count). The Labute approximate surface area is 165 Å². The average molecular weight is 394 g/mol. The summed E-state index contributed by atoms with van der Waals surface area (Å²) in [5.41, 5.74) is 5.24. The van der Waals surface area contributed by atoms with Gasteiger partial charge in [0.05, 0.1) is 15.4 Å². The third kappa shape index (κ3) is 3.39. The predicted molar refractivity (Wildman–Crippen MR) is 104 cm³/mol. The molecule has 4 heterocycles. The molecule has 142 valence electrons. The van der Waals surface area contributed by atoms with E-state index in [0.717, 1.165) is 27.4 Å². The first-order valence-electron chi connectivity index (χ1n) is 8.81. The van der Waals surface area contributed by atoms with Gasteiger partial charge >= 0.3 is 0 Å². The molecule has 0 aliphatic carbocycles. The highest BCUT2D eigenvalue weighted by molar-refractivity contribution is 7.17. The van der Waals surface area contributed by atoms with E-state index in [4.69, 9.17) is 5.21 Å².